The summed E-state index contributed by atoms with van der Waals surface area (Å²) in [6.07, 6.45) is 5.46. The molecule has 0 fully saturated rings. The molecule has 0 aliphatic rings. The molecule has 1 atom stereocenters. The minimum Gasteiger partial charge on any atom is -0.389 e. The van der Waals surface area contributed by atoms with Gasteiger partial charge in [0.15, 0.2) is 5.65 Å². The van der Waals surface area contributed by atoms with Gasteiger partial charge in [0, 0.05) is 53.2 Å². The highest BCUT2D eigenvalue weighted by molar-refractivity contribution is 5.89. The van der Waals surface area contributed by atoms with E-state index in [-0.39, 0.29) is 5.41 Å². The lowest BCUT2D eigenvalue weighted by Gasteiger charge is -2.20. The summed E-state index contributed by atoms with van der Waals surface area (Å²) in [5, 5.41) is 15.8. The van der Waals surface area contributed by atoms with Crippen molar-refractivity contribution < 1.29 is 5.11 Å². The van der Waals surface area contributed by atoms with Crippen LogP contribution in [0.1, 0.15) is 45.1 Å². The second-order valence-corrected chi connectivity index (χ2v) is 8.61. The quantitative estimate of drug-likeness (QED) is 0.572. The Balaban J connectivity index is 1.86. The van der Waals surface area contributed by atoms with Crippen molar-refractivity contribution in [3.05, 3.63) is 54.1 Å². The third-order valence-corrected chi connectivity index (χ3v) is 4.78. The smallest absolute Gasteiger partial charge is 0.155 e. The van der Waals surface area contributed by atoms with E-state index in [1.54, 1.807) is 0 Å². The molecular weight excluding hydrogens is 336 g/mol. The lowest BCUT2D eigenvalue weighted by atomic mass is 9.97. The van der Waals surface area contributed by atoms with E-state index in [2.05, 4.69) is 59.8 Å². The fourth-order valence-electron chi connectivity index (χ4n) is 3.62. The van der Waals surface area contributed by atoms with Crippen molar-refractivity contribution in [2.75, 3.05) is 0 Å². The summed E-state index contributed by atoms with van der Waals surface area (Å²) >= 11 is 0. The molecule has 0 radical (unpaired) electrons. The lowest BCUT2D eigenvalue weighted by molar-refractivity contribution is 0.200. The molecule has 0 saturated heterocycles. The maximum atomic E-state index is 10.3. The summed E-state index contributed by atoms with van der Waals surface area (Å²) in [4.78, 5) is 4.52. The molecule has 1 unspecified atom stereocenters. The summed E-state index contributed by atoms with van der Waals surface area (Å²) in [5.41, 5.74) is 6.14. The zero-order valence-electron chi connectivity index (χ0n) is 16.6. The number of nitrogens with zero attached hydrogens (tertiary/aromatic N) is 4. The molecule has 3 aromatic heterocycles. The Hall–Kier alpha value is -2.66. The second kappa shape index (κ2) is 6.20. The number of rotatable bonds is 3. The number of hydrogen-bond acceptors (Lipinski definition) is 3. The van der Waals surface area contributed by atoms with Crippen LogP contribution in [0.15, 0.2) is 42.9 Å². The number of hydrogen-bond donors (Lipinski definition) is 1. The number of aromatic nitrogens is 4. The van der Waals surface area contributed by atoms with Crippen molar-refractivity contribution in [3.63, 3.8) is 0 Å². The topological polar surface area (TPSA) is 55.4 Å². The third kappa shape index (κ3) is 3.35. The molecule has 5 nitrogen and oxygen atoms in total. The molecule has 27 heavy (non-hydrogen) atoms. The highest BCUT2D eigenvalue weighted by Crippen LogP contribution is 2.32. The fourth-order valence-corrected chi connectivity index (χ4v) is 3.62. The van der Waals surface area contributed by atoms with Crippen LogP contribution in [0.2, 0.25) is 0 Å². The van der Waals surface area contributed by atoms with Gasteiger partial charge in [0.25, 0.3) is 0 Å². The lowest BCUT2D eigenvalue weighted by Crippen LogP contribution is -2.14. The molecule has 0 aliphatic carbocycles. The normalized spacial score (nSPS) is 13.6. The maximum Gasteiger partial charge on any atom is 0.155 e. The average molecular weight is 362 g/mol. The predicted octanol–water partition coefficient (Wildman–Crippen LogP) is 4.76. The average Bonchev–Trinajstić information content (AvgIpc) is 3.12. The van der Waals surface area contributed by atoms with Crippen LogP contribution in [0, 0.1) is 12.3 Å². The molecule has 0 saturated carbocycles. The maximum absolute atomic E-state index is 10.3. The summed E-state index contributed by atoms with van der Waals surface area (Å²) in [5.74, 6) is 0. The molecule has 5 heteroatoms. The molecule has 4 aromatic rings. The monoisotopic (exact) mass is 362 g/mol. The van der Waals surface area contributed by atoms with Crippen LogP contribution in [-0.4, -0.2) is 24.3 Å². The molecule has 140 valence electrons. The van der Waals surface area contributed by atoms with E-state index < -0.39 is 6.10 Å². The van der Waals surface area contributed by atoms with Crippen molar-refractivity contribution in [3.8, 4) is 11.1 Å². The van der Waals surface area contributed by atoms with Crippen LogP contribution in [0.3, 0.4) is 0 Å². The van der Waals surface area contributed by atoms with Crippen LogP contribution >= 0.6 is 0 Å². The number of fused-ring (bicyclic) bond motifs is 2. The summed E-state index contributed by atoms with van der Waals surface area (Å²) in [6, 6.07) is 8.37. The molecule has 4 rings (SSSR count). The Bertz CT molecular complexity index is 1130. The molecule has 0 aliphatic heterocycles. The SMILES string of the molecule is Cc1cc2ncc(-c3ccc4c(c3)c(C(C)O)cn4CC(C)(C)C)cn2n1. The van der Waals surface area contributed by atoms with Crippen molar-refractivity contribution in [2.45, 2.75) is 47.3 Å². The minimum absolute atomic E-state index is 0.160. The van der Waals surface area contributed by atoms with Gasteiger partial charge in [-0.25, -0.2) is 9.50 Å². The number of aryl methyl sites for hydroxylation is 1. The zero-order valence-corrected chi connectivity index (χ0v) is 16.6. The van der Waals surface area contributed by atoms with Crippen molar-refractivity contribution in [2.24, 2.45) is 5.41 Å². The van der Waals surface area contributed by atoms with Crippen LogP contribution in [0.4, 0.5) is 0 Å². The highest BCUT2D eigenvalue weighted by Gasteiger charge is 2.18. The molecule has 3 heterocycles. The summed E-state index contributed by atoms with van der Waals surface area (Å²) < 4.78 is 4.06. The first kappa shape index (κ1) is 17.7. The van der Waals surface area contributed by atoms with E-state index in [1.165, 1.54) is 0 Å². The Morgan fingerprint density at radius 2 is 1.89 bits per heavy atom. The van der Waals surface area contributed by atoms with Gasteiger partial charge in [0.1, 0.15) is 0 Å². The van der Waals surface area contributed by atoms with Gasteiger partial charge < -0.3 is 9.67 Å². The largest absolute Gasteiger partial charge is 0.389 e. The van der Waals surface area contributed by atoms with E-state index in [9.17, 15) is 5.11 Å². The van der Waals surface area contributed by atoms with Gasteiger partial charge in [0.05, 0.1) is 11.8 Å². The molecule has 0 bridgehead atoms. The first-order chi connectivity index (χ1) is 12.7. The van der Waals surface area contributed by atoms with E-state index in [1.807, 2.05) is 36.8 Å². The summed E-state index contributed by atoms with van der Waals surface area (Å²) in [6.45, 7) is 11.4. The molecule has 0 spiro atoms. The van der Waals surface area contributed by atoms with E-state index in [0.717, 1.165) is 45.5 Å². The predicted molar refractivity (Wildman–Crippen MR) is 109 cm³/mol. The molecule has 0 amide bonds. The van der Waals surface area contributed by atoms with Gasteiger partial charge in [-0.3, -0.25) is 0 Å². The van der Waals surface area contributed by atoms with Crippen LogP contribution in [0.5, 0.6) is 0 Å². The van der Waals surface area contributed by atoms with Crippen LogP contribution in [0.25, 0.3) is 27.7 Å². The molecule has 1 N–H and O–H groups in total. The third-order valence-electron chi connectivity index (χ3n) is 4.78. The van der Waals surface area contributed by atoms with E-state index in [0.29, 0.717) is 0 Å². The second-order valence-electron chi connectivity index (χ2n) is 8.61. The highest BCUT2D eigenvalue weighted by atomic mass is 16.3. The standard InChI is InChI=1S/C22H26N4O/c1-14-8-21-23-10-17(11-26(21)24-14)16-6-7-20-18(9-16)19(15(2)27)12-25(20)13-22(3,4)5/h6-12,15,27H,13H2,1-5H3. The van der Waals surface area contributed by atoms with Crippen LogP contribution in [-0.2, 0) is 6.54 Å². The van der Waals surface area contributed by atoms with E-state index >= 15 is 0 Å². The van der Waals surface area contributed by atoms with Gasteiger partial charge in [0.2, 0.25) is 0 Å². The van der Waals surface area contributed by atoms with Gasteiger partial charge in [-0.15, -0.1) is 0 Å². The van der Waals surface area contributed by atoms with Crippen molar-refractivity contribution >= 4 is 16.6 Å². The van der Waals surface area contributed by atoms with Crippen LogP contribution < -0.4 is 0 Å². The van der Waals surface area contributed by atoms with Gasteiger partial charge in [-0.05, 0) is 37.0 Å². The minimum atomic E-state index is -0.515. The Morgan fingerprint density at radius 3 is 2.59 bits per heavy atom. The van der Waals surface area contributed by atoms with E-state index in [4.69, 9.17) is 0 Å². The number of aliphatic hydroxyl groups excluding tert-OH is 1. The fraction of sp³-hybridized carbons (Fsp3) is 0.364. The van der Waals surface area contributed by atoms with Crippen molar-refractivity contribution in [1.82, 2.24) is 19.2 Å². The molecular formula is C22H26N4O. The zero-order chi connectivity index (χ0) is 19.3. The Morgan fingerprint density at radius 1 is 1.11 bits per heavy atom. The Kier molecular flexibility index (Phi) is 4.07. The summed E-state index contributed by atoms with van der Waals surface area (Å²) in [7, 11) is 0. The van der Waals surface area contributed by atoms with Gasteiger partial charge in [-0.2, -0.15) is 5.10 Å². The van der Waals surface area contributed by atoms with Gasteiger partial charge in [-0.1, -0.05) is 26.8 Å². The van der Waals surface area contributed by atoms with Gasteiger partial charge >= 0.3 is 0 Å². The number of aliphatic hydroxyl groups is 1. The first-order valence-corrected chi connectivity index (χ1v) is 9.34. The van der Waals surface area contributed by atoms with Crippen molar-refractivity contribution in [1.29, 1.82) is 0 Å². The number of benzene rings is 1. The Labute approximate surface area is 159 Å². The molecule has 1 aromatic carbocycles. The first-order valence-electron chi connectivity index (χ1n) is 9.34.